The third-order valence-electron chi connectivity index (χ3n) is 1.69. The highest BCUT2D eigenvalue weighted by atomic mass is 32.1. The van der Waals surface area contributed by atoms with Gasteiger partial charge >= 0.3 is 0 Å². The molecular formula is C10H25NS. The highest BCUT2D eigenvalue weighted by Gasteiger charge is 2.18. The van der Waals surface area contributed by atoms with Gasteiger partial charge < -0.3 is 5.32 Å². The summed E-state index contributed by atoms with van der Waals surface area (Å²) in [5.41, 5.74) is 0. The molecule has 0 aromatic rings. The molecule has 0 spiro atoms. The Hall–Kier alpha value is 0.310. The van der Waals surface area contributed by atoms with E-state index in [9.17, 15) is 0 Å². The van der Waals surface area contributed by atoms with E-state index in [1.807, 2.05) is 27.7 Å². The van der Waals surface area contributed by atoms with Crippen molar-refractivity contribution in [2.75, 3.05) is 6.54 Å². The Labute approximate surface area is 83.7 Å². The van der Waals surface area contributed by atoms with Gasteiger partial charge in [-0.3, -0.25) is 0 Å². The Morgan fingerprint density at radius 3 is 1.92 bits per heavy atom. The monoisotopic (exact) mass is 191 g/mol. The van der Waals surface area contributed by atoms with Gasteiger partial charge in [0.15, 0.2) is 0 Å². The topological polar surface area (TPSA) is 12.0 Å². The summed E-state index contributed by atoms with van der Waals surface area (Å²) in [6.07, 6.45) is 2.50. The third-order valence-corrected chi connectivity index (χ3v) is 2.08. The van der Waals surface area contributed by atoms with Crippen molar-refractivity contribution in [2.45, 2.75) is 58.8 Å². The van der Waals surface area contributed by atoms with Gasteiger partial charge in [0.2, 0.25) is 0 Å². The molecule has 0 aliphatic carbocycles. The average Bonchev–Trinajstić information content (AvgIpc) is 2.58. The lowest BCUT2D eigenvalue weighted by atomic mass is 10.2. The first kappa shape index (κ1) is 14.8. The van der Waals surface area contributed by atoms with E-state index in [-0.39, 0.29) is 0 Å². The molecular weight excluding hydrogens is 166 g/mol. The first-order chi connectivity index (χ1) is 5.83. The summed E-state index contributed by atoms with van der Waals surface area (Å²) in [6, 6.07) is 0.748. The summed E-state index contributed by atoms with van der Waals surface area (Å²) in [6.45, 7) is 11.3. The van der Waals surface area contributed by atoms with Crippen LogP contribution in [0, 0.1) is 0 Å². The molecule has 1 aliphatic rings. The quantitative estimate of drug-likeness (QED) is 0.607. The Bertz CT molecular complexity index is 76.2. The summed E-state index contributed by atoms with van der Waals surface area (Å²) < 4.78 is 0. The molecule has 2 unspecified atom stereocenters. The second-order valence-electron chi connectivity index (χ2n) is 2.40. The lowest BCUT2D eigenvalue weighted by Crippen LogP contribution is -2.19. The molecule has 76 valence electrons. The number of thiol groups is 1. The zero-order chi connectivity index (χ0) is 9.98. The maximum Gasteiger partial charge on any atom is 0.0157 e. The van der Waals surface area contributed by atoms with Crippen molar-refractivity contribution in [1.82, 2.24) is 5.32 Å². The molecule has 0 radical (unpaired) electrons. The number of rotatable bonds is 1. The molecule has 1 N–H and O–H groups in total. The minimum absolute atomic E-state index is 0.611. The van der Waals surface area contributed by atoms with E-state index in [0.717, 1.165) is 12.6 Å². The van der Waals surface area contributed by atoms with E-state index in [1.54, 1.807) is 0 Å². The van der Waals surface area contributed by atoms with Crippen LogP contribution in [-0.2, 0) is 0 Å². The molecule has 1 heterocycles. The van der Waals surface area contributed by atoms with E-state index in [2.05, 4.69) is 24.9 Å². The van der Waals surface area contributed by atoms with Crippen molar-refractivity contribution in [3.05, 3.63) is 0 Å². The summed E-state index contributed by atoms with van der Waals surface area (Å²) >= 11 is 4.34. The second kappa shape index (κ2) is 11.3. The van der Waals surface area contributed by atoms with Crippen molar-refractivity contribution in [3.63, 3.8) is 0 Å². The Morgan fingerprint density at radius 1 is 1.25 bits per heavy atom. The number of hydrogen-bond donors (Lipinski definition) is 2. The molecule has 1 fully saturated rings. The van der Waals surface area contributed by atoms with E-state index >= 15 is 0 Å². The molecule has 0 saturated carbocycles. The van der Waals surface area contributed by atoms with E-state index in [4.69, 9.17) is 0 Å². The van der Waals surface area contributed by atoms with Gasteiger partial charge in [-0.2, -0.15) is 12.6 Å². The van der Waals surface area contributed by atoms with Gasteiger partial charge in [-0.05, 0) is 12.8 Å². The van der Waals surface area contributed by atoms with Crippen LogP contribution in [0.2, 0.25) is 0 Å². The minimum Gasteiger partial charge on any atom is -0.313 e. The van der Waals surface area contributed by atoms with Crippen LogP contribution < -0.4 is 5.32 Å². The lowest BCUT2D eigenvalue weighted by molar-refractivity contribution is 0.588. The van der Waals surface area contributed by atoms with Crippen LogP contribution >= 0.6 is 12.6 Å². The summed E-state index contributed by atoms with van der Waals surface area (Å²) in [5.74, 6) is 0. The van der Waals surface area contributed by atoms with Crippen molar-refractivity contribution in [3.8, 4) is 0 Å². The molecule has 1 aliphatic heterocycles. The maximum atomic E-state index is 4.34. The molecule has 12 heavy (non-hydrogen) atoms. The SMILES string of the molecule is CC.CC.CCC1CC(S)CN1. The van der Waals surface area contributed by atoms with Crippen molar-refractivity contribution >= 4 is 12.6 Å². The molecule has 1 rings (SSSR count). The zero-order valence-electron chi connectivity index (χ0n) is 9.22. The normalized spacial score (nSPS) is 26.5. The van der Waals surface area contributed by atoms with Gasteiger partial charge in [0, 0.05) is 17.8 Å². The van der Waals surface area contributed by atoms with Crippen molar-refractivity contribution < 1.29 is 0 Å². The Kier molecular flexibility index (Phi) is 14.0. The molecule has 0 aromatic heterocycles. The van der Waals surface area contributed by atoms with Gasteiger partial charge in [0.1, 0.15) is 0 Å². The molecule has 2 heteroatoms. The number of hydrogen-bond acceptors (Lipinski definition) is 2. The van der Waals surface area contributed by atoms with E-state index < -0.39 is 0 Å². The summed E-state index contributed by atoms with van der Waals surface area (Å²) in [7, 11) is 0. The largest absolute Gasteiger partial charge is 0.313 e. The van der Waals surface area contributed by atoms with E-state index in [0.29, 0.717) is 5.25 Å². The molecule has 1 saturated heterocycles. The van der Waals surface area contributed by atoms with Gasteiger partial charge in [0.25, 0.3) is 0 Å². The summed E-state index contributed by atoms with van der Waals surface area (Å²) in [4.78, 5) is 0. The smallest absolute Gasteiger partial charge is 0.0157 e. The van der Waals surface area contributed by atoms with Crippen LogP contribution in [0.25, 0.3) is 0 Å². The van der Waals surface area contributed by atoms with Crippen LogP contribution in [0.1, 0.15) is 47.5 Å². The standard InChI is InChI=1S/C6H13NS.2C2H6/c1-2-5-3-6(8)4-7-5;2*1-2/h5-8H,2-4H2,1H3;2*1-2H3. The maximum absolute atomic E-state index is 4.34. The average molecular weight is 191 g/mol. The first-order valence-corrected chi connectivity index (χ1v) is 5.76. The minimum atomic E-state index is 0.611. The highest BCUT2D eigenvalue weighted by Crippen LogP contribution is 2.13. The predicted molar refractivity (Wildman–Crippen MR) is 62.2 cm³/mol. The molecule has 0 bridgehead atoms. The Morgan fingerprint density at radius 2 is 1.75 bits per heavy atom. The van der Waals surface area contributed by atoms with Crippen LogP contribution in [0.4, 0.5) is 0 Å². The predicted octanol–water partition coefficient (Wildman–Crippen LogP) is 3.11. The zero-order valence-corrected chi connectivity index (χ0v) is 10.1. The lowest BCUT2D eigenvalue weighted by Gasteiger charge is -2.02. The van der Waals surface area contributed by atoms with E-state index in [1.165, 1.54) is 12.8 Å². The first-order valence-electron chi connectivity index (χ1n) is 5.24. The fraction of sp³-hybridized carbons (Fsp3) is 1.00. The third kappa shape index (κ3) is 6.99. The van der Waals surface area contributed by atoms with Gasteiger partial charge in [-0.15, -0.1) is 0 Å². The summed E-state index contributed by atoms with van der Waals surface area (Å²) in [5, 5.41) is 3.99. The van der Waals surface area contributed by atoms with Gasteiger partial charge in [-0.1, -0.05) is 34.6 Å². The van der Waals surface area contributed by atoms with Crippen molar-refractivity contribution in [1.29, 1.82) is 0 Å². The fourth-order valence-corrected chi connectivity index (χ4v) is 1.47. The fourth-order valence-electron chi connectivity index (χ4n) is 1.11. The molecule has 0 aromatic carbocycles. The molecule has 2 atom stereocenters. The Balaban J connectivity index is 0. The second-order valence-corrected chi connectivity index (χ2v) is 3.13. The highest BCUT2D eigenvalue weighted by molar-refractivity contribution is 7.81. The van der Waals surface area contributed by atoms with Crippen LogP contribution in [-0.4, -0.2) is 17.8 Å². The molecule has 1 nitrogen and oxygen atoms in total. The number of nitrogens with one attached hydrogen (secondary N) is 1. The van der Waals surface area contributed by atoms with Gasteiger partial charge in [-0.25, -0.2) is 0 Å². The van der Waals surface area contributed by atoms with Gasteiger partial charge in [0.05, 0.1) is 0 Å². The van der Waals surface area contributed by atoms with Crippen LogP contribution in [0.3, 0.4) is 0 Å². The van der Waals surface area contributed by atoms with Crippen LogP contribution in [0.5, 0.6) is 0 Å². The molecule has 0 amide bonds. The van der Waals surface area contributed by atoms with Crippen molar-refractivity contribution in [2.24, 2.45) is 0 Å². The van der Waals surface area contributed by atoms with Crippen LogP contribution in [0.15, 0.2) is 0 Å².